The highest BCUT2D eigenvalue weighted by Gasteiger charge is 2.56. The highest BCUT2D eigenvalue weighted by atomic mass is 35.5. The molecule has 5 aromatic rings. The number of imidazole rings is 2. The summed E-state index contributed by atoms with van der Waals surface area (Å²) < 4.78 is 86.2. The van der Waals surface area contributed by atoms with Gasteiger partial charge in [-0.05, 0) is 108 Å². The quantitative estimate of drug-likeness (QED) is 0.107. The largest absolute Gasteiger partial charge is 0.453 e. The van der Waals surface area contributed by atoms with Crippen molar-refractivity contribution in [3.8, 4) is 33.5 Å². The fraction of sp³-hybridized carbons (Fsp3) is 0.469. The number of ether oxygens (including phenoxy) is 2. The highest BCUT2D eigenvalue weighted by Crippen LogP contribution is 2.59. The molecule has 2 bridgehead atoms. The fourth-order valence-electron chi connectivity index (χ4n) is 11.0. The van der Waals surface area contributed by atoms with Gasteiger partial charge in [-0.1, -0.05) is 58.0 Å². The van der Waals surface area contributed by atoms with Gasteiger partial charge in [0.05, 0.1) is 57.3 Å². The first-order chi connectivity index (χ1) is 33.4. The zero-order valence-electron chi connectivity index (χ0n) is 42.7. The predicted molar refractivity (Wildman–Crippen MR) is 245 cm³/mol. The summed E-state index contributed by atoms with van der Waals surface area (Å²) in [6.07, 6.45) is 3.97. The second kappa shape index (κ2) is 16.7. The molecule has 1 spiro atoms. The number of H-pyrrole nitrogens is 2. The lowest BCUT2D eigenvalue weighted by molar-refractivity contribution is -0.139. The number of nitrogens with one attached hydrogen (secondary N) is 4. The Hall–Kier alpha value is -6.03. The van der Waals surface area contributed by atoms with E-state index < -0.39 is 68.2 Å². The summed E-state index contributed by atoms with van der Waals surface area (Å²) in [6.45, 7) is 7.42. The average Bonchev–Trinajstić information content (AvgIpc) is 3.94. The van der Waals surface area contributed by atoms with Crippen molar-refractivity contribution in [2.45, 2.75) is 102 Å². The van der Waals surface area contributed by atoms with Crippen molar-refractivity contribution in [1.29, 1.82) is 0 Å². The molecule has 0 unspecified atom stereocenters. The van der Waals surface area contributed by atoms with E-state index in [1.807, 2.05) is 18.2 Å². The Morgan fingerprint density at radius 1 is 0.818 bits per heavy atom. The summed E-state index contributed by atoms with van der Waals surface area (Å²) in [7, 11) is -5.95. The number of carbonyl (C=O) groups is 4. The molecule has 10 rings (SSSR count). The minimum Gasteiger partial charge on any atom is -0.453 e. The maximum atomic E-state index is 16.7. The van der Waals surface area contributed by atoms with Gasteiger partial charge >= 0.3 is 12.2 Å². The third kappa shape index (κ3) is 7.54. The third-order valence-corrected chi connectivity index (χ3v) is 14.5. The van der Waals surface area contributed by atoms with E-state index in [0.29, 0.717) is 69.2 Å². The number of aromatic amines is 2. The van der Waals surface area contributed by atoms with Crippen LogP contribution >= 0.6 is 12.4 Å². The summed E-state index contributed by atoms with van der Waals surface area (Å²) in [5.74, 6) is -3.76. The van der Waals surface area contributed by atoms with E-state index in [9.17, 15) is 19.2 Å². The maximum Gasteiger partial charge on any atom is 0.407 e. The molecular formula is C49H55ClF2N8O6. The highest BCUT2D eigenvalue weighted by molar-refractivity contribution is 5.89. The number of benzene rings is 3. The van der Waals surface area contributed by atoms with Crippen LogP contribution in [0, 0.1) is 23.2 Å². The van der Waals surface area contributed by atoms with Crippen LogP contribution in [0.2, 0.25) is 0 Å². The molecule has 0 radical (unpaired) electrons. The summed E-state index contributed by atoms with van der Waals surface area (Å²) in [6, 6.07) is 12.3. The van der Waals surface area contributed by atoms with Gasteiger partial charge in [0.15, 0.2) is 0 Å². The van der Waals surface area contributed by atoms with Crippen molar-refractivity contribution in [3.63, 3.8) is 0 Å². The van der Waals surface area contributed by atoms with Crippen molar-refractivity contribution in [2.24, 2.45) is 23.2 Å². The topological polar surface area (TPSA) is 175 Å². The molecule has 2 aliphatic heterocycles. The number of hydrogen-bond acceptors (Lipinski definition) is 8. The van der Waals surface area contributed by atoms with Crippen LogP contribution in [0.5, 0.6) is 0 Å². The molecule has 4 fully saturated rings. The molecule has 17 heteroatoms. The number of aromatic nitrogens is 4. The predicted octanol–water partition coefficient (Wildman–Crippen LogP) is 9.03. The number of methoxy groups -OCH3 is 2. The van der Waals surface area contributed by atoms with Crippen LogP contribution in [-0.2, 0) is 25.0 Å². The third-order valence-electron chi connectivity index (χ3n) is 14.5. The fourth-order valence-corrected chi connectivity index (χ4v) is 11.0. The van der Waals surface area contributed by atoms with Crippen LogP contribution in [0.25, 0.3) is 44.5 Å². The van der Waals surface area contributed by atoms with E-state index in [4.69, 9.17) is 13.2 Å². The smallest absolute Gasteiger partial charge is 0.407 e. The van der Waals surface area contributed by atoms with Crippen molar-refractivity contribution in [2.75, 3.05) is 20.6 Å². The van der Waals surface area contributed by atoms with E-state index in [1.165, 1.54) is 12.1 Å². The van der Waals surface area contributed by atoms with Crippen molar-refractivity contribution in [1.82, 2.24) is 40.4 Å². The van der Waals surface area contributed by atoms with E-state index >= 15 is 8.78 Å². The van der Waals surface area contributed by atoms with Crippen LogP contribution in [0.15, 0.2) is 60.8 Å². The molecule has 3 aromatic carbocycles. The zero-order chi connectivity index (χ0) is 50.7. The second-order valence-electron chi connectivity index (χ2n) is 19.2. The van der Waals surface area contributed by atoms with E-state index in [1.54, 1.807) is 68.0 Å². The number of carbonyl (C=O) groups excluding carboxylic acids is 4. The van der Waals surface area contributed by atoms with Gasteiger partial charge in [-0.3, -0.25) is 9.59 Å². The number of alkyl carbamates (subject to hydrolysis) is 2. The average molecular weight is 932 g/mol. The number of piperidine rings is 1. The number of fused-ring (bicyclic) bond motifs is 6. The minimum absolute atomic E-state index is 0. The molecule has 4 heterocycles. The van der Waals surface area contributed by atoms with Gasteiger partial charge in [-0.15, -0.1) is 12.4 Å². The van der Waals surface area contributed by atoms with E-state index in [-0.39, 0.29) is 52.7 Å². The summed E-state index contributed by atoms with van der Waals surface area (Å²) in [5.41, 5.74) is 3.86. The normalized spacial score (nSPS) is 24.3. The number of alkyl halides is 2. The van der Waals surface area contributed by atoms with Gasteiger partial charge in [0.25, 0.3) is 5.92 Å². The molecule has 2 aromatic heterocycles. The second-order valence-corrected chi connectivity index (χ2v) is 19.2. The molecule has 348 valence electrons. The van der Waals surface area contributed by atoms with Crippen LogP contribution in [0.4, 0.5) is 18.4 Å². The van der Waals surface area contributed by atoms with Gasteiger partial charge in [0.2, 0.25) is 11.8 Å². The molecule has 2 saturated carbocycles. The number of rotatable bonds is 10. The van der Waals surface area contributed by atoms with E-state index in [2.05, 4.69) is 35.1 Å². The Morgan fingerprint density at radius 2 is 1.44 bits per heavy atom. The van der Waals surface area contributed by atoms with Crippen LogP contribution < -0.4 is 10.6 Å². The van der Waals surface area contributed by atoms with Gasteiger partial charge in [-0.2, -0.15) is 8.78 Å². The molecule has 5 aliphatic rings. The zero-order valence-corrected chi connectivity index (χ0v) is 37.6. The summed E-state index contributed by atoms with van der Waals surface area (Å²) in [5, 5.41) is 4.91. The number of halogens is 3. The molecular weight excluding hydrogens is 870 g/mol. The number of nitrogens with zero attached hydrogens (tertiary/aromatic N) is 4. The van der Waals surface area contributed by atoms with E-state index in [0.717, 1.165) is 32.1 Å². The molecule has 3 aliphatic carbocycles. The number of amides is 4. The van der Waals surface area contributed by atoms with Crippen LogP contribution in [-0.4, -0.2) is 92.5 Å². The van der Waals surface area contributed by atoms with Gasteiger partial charge in [-0.25, -0.2) is 19.6 Å². The lowest BCUT2D eigenvalue weighted by Crippen LogP contribution is -2.54. The Bertz CT molecular complexity index is 2980. The Kier molecular flexibility index (Phi) is 9.64. The molecule has 14 nitrogen and oxygen atoms in total. The Labute approximate surface area is 395 Å². The van der Waals surface area contributed by atoms with Gasteiger partial charge in [0, 0.05) is 29.3 Å². The first-order valence-electron chi connectivity index (χ1n) is 25.2. The molecule has 4 amide bonds. The van der Waals surface area contributed by atoms with Crippen molar-refractivity contribution < 1.29 is 45.7 Å². The lowest BCUT2D eigenvalue weighted by atomic mass is 9.95. The van der Waals surface area contributed by atoms with Crippen LogP contribution in [0.3, 0.4) is 0 Å². The minimum atomic E-state index is -3.36. The molecule has 66 heavy (non-hydrogen) atoms. The Morgan fingerprint density at radius 3 is 2.09 bits per heavy atom. The molecule has 4 N–H and O–H groups in total. The van der Waals surface area contributed by atoms with Gasteiger partial charge in [0.1, 0.15) is 23.7 Å². The Balaban J connectivity index is 0.00000640. The summed E-state index contributed by atoms with van der Waals surface area (Å²) in [4.78, 5) is 72.9. The first kappa shape index (κ1) is 38.1. The standard InChI is InChI=1S/C49H54F2N8O6.ClH/c1-24(2)39(56-46(62)64-5)44(60)58-23-48(15-16-48)21-38(58)42-52-22-37(55-42)28-9-13-32-31-12-8-26(18-33(31)49(50,51)34(32)19-28)27-10-14-35-36(20-27)54-43(53-35)41-29-7-11-30(17-29)59(41)45(61)40(25(3)4)57-47(63)65-6;/h8-10,12-14,18-20,22,24-25,29-30,38-41H,7,11,15-17,21,23H2,1-6H3,(H,52,55)(H,53,54)(H,56,62)(H,57,63);1H/t29-,30+,38-,39-,40-,41-;/m0./s1/i5D3,6D3;. The first-order valence-corrected chi connectivity index (χ1v) is 22.2. The van der Waals surface area contributed by atoms with Crippen molar-refractivity contribution in [3.05, 3.63) is 83.6 Å². The number of hydrogen-bond donors (Lipinski definition) is 4. The maximum absolute atomic E-state index is 16.7. The monoisotopic (exact) mass is 930 g/mol. The molecule has 6 atom stereocenters. The SMILES string of the molecule is Cl.[2H]C([2H])([2H])OC(=O)N[C@H](C(=O)N1CC2(CC2)C[C@H]1c1ncc(-c2ccc3c(c2)C(F)(F)c2cc(-c4ccc5nc([C@@H]6[C@H]7CC[C@H](C7)N6C(=O)[C@@H](NC(=O)OC([2H])([2H])[2H])C(C)C)[nH]c5c4)ccc2-3)[nH]1)C(C)C. The van der Waals surface area contributed by atoms with Gasteiger partial charge < -0.3 is 39.9 Å². The van der Waals surface area contributed by atoms with Crippen LogP contribution in [0.1, 0.15) is 109 Å². The van der Waals surface area contributed by atoms with Crippen molar-refractivity contribution >= 4 is 47.4 Å². The summed E-state index contributed by atoms with van der Waals surface area (Å²) >= 11 is 0. The lowest BCUT2D eigenvalue weighted by Gasteiger charge is -2.37. The molecule has 2 saturated heterocycles. The number of likely N-dealkylation sites (tertiary alicyclic amines) is 2.